The summed E-state index contributed by atoms with van der Waals surface area (Å²) >= 11 is 6.15. The number of carbonyl (C=O) groups is 1. The minimum atomic E-state index is 0.179. The van der Waals surface area contributed by atoms with Gasteiger partial charge >= 0.3 is 0 Å². The molecule has 1 unspecified atom stereocenters. The zero-order valence-electron chi connectivity index (χ0n) is 18.4. The van der Waals surface area contributed by atoms with Crippen molar-refractivity contribution in [3.05, 3.63) is 59.5 Å². The number of hydrogen-bond donors (Lipinski definition) is 0. The minimum Gasteiger partial charge on any atom is -0.342 e. The van der Waals surface area contributed by atoms with Crippen LogP contribution in [0.3, 0.4) is 0 Å². The molecule has 6 nitrogen and oxygen atoms in total. The quantitative estimate of drug-likeness (QED) is 0.404. The fourth-order valence-electron chi connectivity index (χ4n) is 4.86. The van der Waals surface area contributed by atoms with E-state index in [1.807, 2.05) is 40.0 Å². The molecule has 1 fully saturated rings. The van der Waals surface area contributed by atoms with E-state index >= 15 is 0 Å². The van der Waals surface area contributed by atoms with Crippen molar-refractivity contribution in [3.8, 4) is 0 Å². The minimum absolute atomic E-state index is 0.179. The summed E-state index contributed by atoms with van der Waals surface area (Å²) in [7, 11) is 0. The fraction of sp³-hybridized carbons (Fsp3) is 0.400. The Hall–Kier alpha value is -2.86. The summed E-state index contributed by atoms with van der Waals surface area (Å²) in [6.45, 7) is 5.25. The Morgan fingerprint density at radius 1 is 1.16 bits per heavy atom. The monoisotopic (exact) mass is 449 g/mol. The smallest absolute Gasteiger partial charge is 0.224 e. The highest BCUT2D eigenvalue weighted by molar-refractivity contribution is 6.31. The highest BCUT2D eigenvalue weighted by Crippen LogP contribution is 2.30. The lowest BCUT2D eigenvalue weighted by atomic mass is 9.96. The Bertz CT molecular complexity index is 1260. The number of halogens is 1. The van der Waals surface area contributed by atoms with E-state index in [4.69, 9.17) is 16.6 Å². The van der Waals surface area contributed by atoms with Gasteiger partial charge in [0.1, 0.15) is 5.82 Å². The molecule has 2 aromatic heterocycles. The first-order chi connectivity index (χ1) is 15.6. The standard InChI is InChI=1S/C25H28ClN5O/c1-2-12-30-22-8-4-3-7-21(22)28-25(30)19-6-5-13-29(17-19)24(32)11-14-31-23-15-20(26)10-9-18(23)16-27-31/h3-4,7-10,15-16,19H,2,5-6,11-14,17H2,1H3. The number of benzene rings is 2. The largest absolute Gasteiger partial charge is 0.342 e. The molecule has 1 atom stereocenters. The Balaban J connectivity index is 1.30. The molecule has 0 bridgehead atoms. The SMILES string of the molecule is CCCn1c(C2CCCN(C(=O)CCn3ncc4ccc(Cl)cc43)C2)nc2ccccc21. The van der Waals surface area contributed by atoms with Crippen LogP contribution in [0.2, 0.25) is 5.02 Å². The molecule has 0 N–H and O–H groups in total. The van der Waals surface area contributed by atoms with Crippen LogP contribution in [0.15, 0.2) is 48.7 Å². The highest BCUT2D eigenvalue weighted by atomic mass is 35.5. The number of piperidine rings is 1. The molecule has 2 aromatic carbocycles. The number of nitrogens with zero attached hydrogens (tertiary/aromatic N) is 5. The number of carbonyl (C=O) groups excluding carboxylic acids is 1. The van der Waals surface area contributed by atoms with Gasteiger partial charge in [-0.25, -0.2) is 4.98 Å². The van der Waals surface area contributed by atoms with Crippen molar-refractivity contribution < 1.29 is 4.79 Å². The second-order valence-corrected chi connectivity index (χ2v) is 9.05. The summed E-state index contributed by atoms with van der Waals surface area (Å²) < 4.78 is 4.23. The van der Waals surface area contributed by atoms with Gasteiger partial charge < -0.3 is 9.47 Å². The van der Waals surface area contributed by atoms with Crippen LogP contribution in [-0.4, -0.2) is 43.2 Å². The Kier molecular flexibility index (Phi) is 5.87. The van der Waals surface area contributed by atoms with Gasteiger partial charge in [-0.15, -0.1) is 0 Å². The molecule has 0 spiro atoms. The first-order valence-electron chi connectivity index (χ1n) is 11.5. The molecule has 32 heavy (non-hydrogen) atoms. The number of amides is 1. The van der Waals surface area contributed by atoms with E-state index in [9.17, 15) is 4.79 Å². The molecular weight excluding hydrogens is 422 g/mol. The van der Waals surface area contributed by atoms with Crippen LogP contribution in [0.4, 0.5) is 0 Å². The number of fused-ring (bicyclic) bond motifs is 2. The van der Waals surface area contributed by atoms with Crippen molar-refractivity contribution in [3.63, 3.8) is 0 Å². The van der Waals surface area contributed by atoms with Gasteiger partial charge in [0, 0.05) is 42.4 Å². The van der Waals surface area contributed by atoms with Gasteiger partial charge in [-0.1, -0.05) is 30.7 Å². The van der Waals surface area contributed by atoms with Gasteiger partial charge in [-0.3, -0.25) is 9.48 Å². The van der Waals surface area contributed by atoms with Gasteiger partial charge in [0.25, 0.3) is 0 Å². The Morgan fingerprint density at radius 2 is 2.03 bits per heavy atom. The summed E-state index contributed by atoms with van der Waals surface area (Å²) in [6, 6.07) is 14.1. The maximum Gasteiger partial charge on any atom is 0.224 e. The first kappa shape index (κ1) is 21.0. The van der Waals surface area contributed by atoms with E-state index in [1.54, 1.807) is 0 Å². The number of aromatic nitrogens is 4. The van der Waals surface area contributed by atoms with E-state index in [0.29, 0.717) is 18.0 Å². The lowest BCUT2D eigenvalue weighted by Crippen LogP contribution is -2.40. The van der Waals surface area contributed by atoms with Crippen LogP contribution >= 0.6 is 11.6 Å². The number of aryl methyl sites for hydroxylation is 2. The van der Waals surface area contributed by atoms with E-state index in [-0.39, 0.29) is 11.8 Å². The predicted molar refractivity (Wildman–Crippen MR) is 128 cm³/mol. The normalized spacial score (nSPS) is 16.8. The molecule has 1 aliphatic heterocycles. The summed E-state index contributed by atoms with van der Waals surface area (Å²) in [5.74, 6) is 1.58. The van der Waals surface area contributed by atoms with E-state index in [1.165, 1.54) is 5.52 Å². The number of hydrogen-bond acceptors (Lipinski definition) is 3. The molecule has 3 heterocycles. The van der Waals surface area contributed by atoms with E-state index in [0.717, 1.165) is 61.1 Å². The molecule has 4 aromatic rings. The van der Waals surface area contributed by atoms with Crippen LogP contribution < -0.4 is 0 Å². The van der Waals surface area contributed by atoms with Gasteiger partial charge in [-0.2, -0.15) is 5.10 Å². The lowest BCUT2D eigenvalue weighted by Gasteiger charge is -2.33. The van der Waals surface area contributed by atoms with E-state index < -0.39 is 0 Å². The second-order valence-electron chi connectivity index (χ2n) is 8.61. The summed E-state index contributed by atoms with van der Waals surface area (Å²) in [6.07, 6.45) is 5.39. The van der Waals surface area contributed by atoms with Gasteiger partial charge in [0.05, 0.1) is 29.3 Å². The molecule has 1 saturated heterocycles. The van der Waals surface area contributed by atoms with Crippen LogP contribution in [0.1, 0.15) is 44.3 Å². The number of para-hydroxylation sites is 2. The first-order valence-corrected chi connectivity index (χ1v) is 11.9. The molecule has 166 valence electrons. The molecule has 1 aliphatic rings. The van der Waals surface area contributed by atoms with Crippen molar-refractivity contribution in [2.24, 2.45) is 0 Å². The van der Waals surface area contributed by atoms with Crippen LogP contribution in [0.5, 0.6) is 0 Å². The third-order valence-electron chi connectivity index (χ3n) is 6.41. The summed E-state index contributed by atoms with van der Waals surface area (Å²) in [5.41, 5.74) is 3.20. The third-order valence-corrected chi connectivity index (χ3v) is 6.65. The van der Waals surface area contributed by atoms with Gasteiger partial charge in [0.2, 0.25) is 5.91 Å². The van der Waals surface area contributed by atoms with Crippen LogP contribution in [0, 0.1) is 0 Å². The Labute approximate surface area is 192 Å². The molecule has 5 rings (SSSR count). The lowest BCUT2D eigenvalue weighted by molar-refractivity contribution is -0.132. The van der Waals surface area contributed by atoms with Gasteiger partial charge in [-0.05, 0) is 49.6 Å². The zero-order valence-corrected chi connectivity index (χ0v) is 19.1. The zero-order chi connectivity index (χ0) is 22.1. The summed E-state index contributed by atoms with van der Waals surface area (Å²) in [4.78, 5) is 20.1. The van der Waals surface area contributed by atoms with Crippen molar-refractivity contribution in [2.75, 3.05) is 13.1 Å². The number of likely N-dealkylation sites (tertiary alicyclic amines) is 1. The average Bonchev–Trinajstić information content (AvgIpc) is 3.39. The fourth-order valence-corrected chi connectivity index (χ4v) is 5.03. The number of imidazole rings is 1. The molecule has 0 radical (unpaired) electrons. The molecular formula is C25H28ClN5O. The van der Waals surface area contributed by atoms with Crippen LogP contribution in [-0.2, 0) is 17.9 Å². The maximum absolute atomic E-state index is 13.1. The topological polar surface area (TPSA) is 56.0 Å². The molecule has 1 amide bonds. The molecule has 0 saturated carbocycles. The molecule has 0 aliphatic carbocycles. The van der Waals surface area contributed by atoms with Crippen molar-refractivity contribution in [2.45, 2.75) is 51.6 Å². The Morgan fingerprint density at radius 3 is 2.91 bits per heavy atom. The van der Waals surface area contributed by atoms with Crippen molar-refractivity contribution in [1.29, 1.82) is 0 Å². The maximum atomic E-state index is 13.1. The predicted octanol–water partition coefficient (Wildman–Crippen LogP) is 5.25. The third kappa shape index (κ3) is 3.99. The second kappa shape index (κ2) is 8.94. The van der Waals surface area contributed by atoms with Crippen molar-refractivity contribution >= 4 is 39.4 Å². The highest BCUT2D eigenvalue weighted by Gasteiger charge is 2.28. The van der Waals surface area contributed by atoms with Gasteiger partial charge in [0.15, 0.2) is 0 Å². The molecule has 7 heteroatoms. The number of rotatable bonds is 6. The summed E-state index contributed by atoms with van der Waals surface area (Å²) in [5, 5.41) is 6.16. The van der Waals surface area contributed by atoms with Crippen molar-refractivity contribution in [1.82, 2.24) is 24.2 Å². The van der Waals surface area contributed by atoms with Crippen LogP contribution in [0.25, 0.3) is 21.9 Å². The average molecular weight is 450 g/mol. The van der Waals surface area contributed by atoms with E-state index in [2.05, 4.69) is 34.8 Å².